The fourth-order valence-corrected chi connectivity index (χ4v) is 9.99. The number of nitrogens with zero attached hydrogens (tertiary/aromatic N) is 2. The number of esters is 7. The minimum absolute atomic E-state index is 0.0564. The number of hydrogen-bond acceptors (Lipinski definition) is 19. The van der Waals surface area contributed by atoms with Crippen molar-refractivity contribution in [2.75, 3.05) is 13.2 Å². The molecule has 0 radical (unpaired) electrons. The van der Waals surface area contributed by atoms with E-state index in [-0.39, 0.29) is 11.1 Å². The number of cyclic esters (lactones) is 1. The Morgan fingerprint density at radius 3 is 2.07 bits per heavy atom. The van der Waals surface area contributed by atoms with Crippen molar-refractivity contribution in [2.45, 2.75) is 136 Å². The first kappa shape index (κ1) is 50.7. The summed E-state index contributed by atoms with van der Waals surface area (Å²) in [6, 6.07) is 3.71. The van der Waals surface area contributed by atoms with Crippen molar-refractivity contribution in [3.63, 3.8) is 0 Å². The Morgan fingerprint density at radius 1 is 0.851 bits per heavy atom. The third-order valence-electron chi connectivity index (χ3n) is 13.8. The maximum atomic E-state index is 14.7. The van der Waals surface area contributed by atoms with Gasteiger partial charge < -0.3 is 52.7 Å². The molecule has 0 aromatic carbocycles. The highest BCUT2D eigenvalue weighted by atomic mass is 16.7. The van der Waals surface area contributed by atoms with Crippen LogP contribution in [0.3, 0.4) is 0 Å². The number of ether oxygens (including phenoxy) is 8. The monoisotopic (exact) mass is 940 g/mol. The first-order chi connectivity index (χ1) is 31.2. The lowest BCUT2D eigenvalue weighted by Gasteiger charge is -2.67. The Kier molecular flexibility index (Phi) is 13.9. The van der Waals surface area contributed by atoms with Crippen molar-refractivity contribution in [3.8, 4) is 0 Å². The molecule has 2 N–H and O–H groups in total. The van der Waals surface area contributed by atoms with Gasteiger partial charge in [0.2, 0.25) is 5.56 Å². The average Bonchev–Trinajstić information content (AvgIpc) is 3.48. The number of aliphatic hydroxyl groups is 2. The van der Waals surface area contributed by atoms with Gasteiger partial charge in [0.25, 0.3) is 0 Å². The van der Waals surface area contributed by atoms with Gasteiger partial charge in [-0.2, -0.15) is 0 Å². The van der Waals surface area contributed by atoms with Gasteiger partial charge in [-0.05, 0) is 37.5 Å². The van der Waals surface area contributed by atoms with E-state index >= 15 is 0 Å². The molecule has 2 saturated carbocycles. The molecule has 1 saturated heterocycles. The topological polar surface area (TPSA) is 269 Å². The van der Waals surface area contributed by atoms with Crippen LogP contribution in [0.15, 0.2) is 41.6 Å². The minimum atomic E-state index is -2.91. The van der Waals surface area contributed by atoms with Gasteiger partial charge in [0.05, 0.1) is 40.7 Å². The van der Waals surface area contributed by atoms with E-state index in [4.69, 9.17) is 37.9 Å². The van der Waals surface area contributed by atoms with Crippen molar-refractivity contribution in [2.24, 2.45) is 42.1 Å². The van der Waals surface area contributed by atoms with Crippen LogP contribution in [0.25, 0.3) is 0 Å². The van der Waals surface area contributed by atoms with Crippen molar-refractivity contribution in [3.05, 3.63) is 63.8 Å². The lowest BCUT2D eigenvalue weighted by atomic mass is 9.45. The molecule has 2 aromatic rings. The second-order valence-electron chi connectivity index (χ2n) is 19.4. The van der Waals surface area contributed by atoms with E-state index in [1.807, 2.05) is 0 Å². The van der Waals surface area contributed by atoms with E-state index in [0.29, 0.717) is 5.56 Å². The summed E-state index contributed by atoms with van der Waals surface area (Å²) in [5.41, 5.74) is -11.1. The number of carbonyl (C=O) groups excluding carboxylic acids is 7. The fraction of sp³-hybridized carbons (Fsp3) is 0.638. The molecule has 67 heavy (non-hydrogen) atoms. The molecule has 4 aliphatic rings. The predicted octanol–water partition coefficient (Wildman–Crippen LogP) is 2.36. The average molecular weight is 941 g/mol. The maximum Gasteiger partial charge on any atom is 0.340 e. The number of fused-ring (bicyclic) bond motifs is 5. The number of aromatic nitrogens is 2. The molecule has 2 aliphatic heterocycles. The van der Waals surface area contributed by atoms with Crippen molar-refractivity contribution < 1.29 is 81.7 Å². The fourth-order valence-electron chi connectivity index (χ4n) is 9.99. The van der Waals surface area contributed by atoms with Gasteiger partial charge in [-0.3, -0.25) is 33.8 Å². The van der Waals surface area contributed by atoms with Crippen LogP contribution in [0.4, 0.5) is 0 Å². The van der Waals surface area contributed by atoms with E-state index in [0.717, 1.165) is 36.7 Å². The van der Waals surface area contributed by atoms with Crippen LogP contribution >= 0.6 is 0 Å². The highest BCUT2D eigenvalue weighted by molar-refractivity contribution is 5.91. The maximum absolute atomic E-state index is 14.7. The molecule has 4 bridgehead atoms. The second-order valence-corrected chi connectivity index (χ2v) is 19.4. The number of rotatable bonds is 10. The summed E-state index contributed by atoms with van der Waals surface area (Å²) in [6.45, 7) is 13.7. The van der Waals surface area contributed by atoms with Crippen LogP contribution in [0, 0.1) is 35.0 Å². The molecule has 0 amide bonds. The van der Waals surface area contributed by atoms with E-state index in [2.05, 4.69) is 4.98 Å². The van der Waals surface area contributed by atoms with Gasteiger partial charge in [0.15, 0.2) is 23.9 Å². The molecular formula is C47H60N2O18. The Balaban J connectivity index is 1.78. The minimum Gasteiger partial charge on any atom is -0.465 e. The van der Waals surface area contributed by atoms with Crippen LogP contribution in [-0.2, 0) is 68.9 Å². The van der Waals surface area contributed by atoms with Crippen LogP contribution in [0.5, 0.6) is 0 Å². The third kappa shape index (κ3) is 8.38. The zero-order valence-corrected chi connectivity index (χ0v) is 39.6. The number of carbonyl (C=O) groups is 7. The molecule has 2 aromatic heterocycles. The highest BCUT2D eigenvalue weighted by Gasteiger charge is 2.91. The van der Waals surface area contributed by atoms with E-state index in [1.165, 1.54) is 80.9 Å². The van der Waals surface area contributed by atoms with Gasteiger partial charge in [-0.15, -0.1) is 0 Å². The largest absolute Gasteiger partial charge is 0.465 e. The molecule has 6 rings (SSSR count). The summed E-state index contributed by atoms with van der Waals surface area (Å²) >= 11 is 0. The summed E-state index contributed by atoms with van der Waals surface area (Å²) in [4.78, 5) is 115. The summed E-state index contributed by atoms with van der Waals surface area (Å²) in [5.74, 6) is -13.2. The Hall–Kier alpha value is -5.73. The molecule has 4 heterocycles. The third-order valence-corrected chi connectivity index (χ3v) is 13.8. The molecule has 2 unspecified atom stereocenters. The SMILES string of the molecule is CC(=O)O[C@@H]1[C@H]2[C@@H](OC(=O)C(C)C)[C@@H](OC(=O)C(C)C)[C@]3(COC(=O)C(C)C)[C@@H](O)[C@@H](OC(=O)c4ccc(=O)n(C)c4)[C@@H]4OC(=O)C(C)C(C)c5ccncc5C(=O)OC[C@]2(C)O[C@]13[C@@]4(C)O. The van der Waals surface area contributed by atoms with Crippen LogP contribution in [0.1, 0.15) is 108 Å². The molecular weight excluding hydrogens is 881 g/mol. The molecule has 1 spiro atoms. The van der Waals surface area contributed by atoms with Gasteiger partial charge in [-0.25, -0.2) is 9.59 Å². The number of aryl methyl sites for hydroxylation is 1. The lowest BCUT2D eigenvalue weighted by Crippen LogP contribution is -2.89. The van der Waals surface area contributed by atoms with E-state index < -0.39 is 155 Å². The Bertz CT molecular complexity index is 2380. The molecule has 2 aliphatic carbocycles. The Morgan fingerprint density at radius 2 is 1.48 bits per heavy atom. The first-order valence-corrected chi connectivity index (χ1v) is 22.2. The molecule has 13 atom stereocenters. The summed E-state index contributed by atoms with van der Waals surface area (Å²) in [5, 5.41) is 27.3. The standard InChI is InChI=1S/C47H60N2O18/c1-21(2)38(53)61-20-46-34(52)33(64-42(57)27-13-14-30(51)49(12)18-27)36-45(11,59)47(46)35(62-26(9)50)31(32(63-39(54)22(3)4)37(46)66-40(55)23(5)6)44(10,67-47)19-60-43(58)29-17-48-16-15-28(29)24(7)25(8)41(56)65-36/h13-18,21-25,31-37,52,59H,19-20H2,1-12H3/t24?,25?,31-,32-,33-,34+,35-,36+,37-,44+,45+,46+,47+/m1/s1. The van der Waals surface area contributed by atoms with Crippen molar-refractivity contribution in [1.82, 2.24) is 9.55 Å². The van der Waals surface area contributed by atoms with Gasteiger partial charge in [0, 0.05) is 38.6 Å². The van der Waals surface area contributed by atoms with Crippen LogP contribution < -0.4 is 5.56 Å². The summed E-state index contributed by atoms with van der Waals surface area (Å²) < 4.78 is 51.3. The highest BCUT2D eigenvalue weighted by Crippen LogP contribution is 2.70. The van der Waals surface area contributed by atoms with Crippen molar-refractivity contribution in [1.29, 1.82) is 0 Å². The van der Waals surface area contributed by atoms with E-state index in [9.17, 15) is 48.6 Å². The van der Waals surface area contributed by atoms with Crippen LogP contribution in [0.2, 0.25) is 0 Å². The summed E-state index contributed by atoms with van der Waals surface area (Å²) in [7, 11) is 1.36. The zero-order chi connectivity index (χ0) is 49.9. The van der Waals surface area contributed by atoms with Crippen LogP contribution in [-0.4, -0.2) is 128 Å². The predicted molar refractivity (Wildman–Crippen MR) is 228 cm³/mol. The number of pyridine rings is 2. The quantitative estimate of drug-likeness (QED) is 0.256. The number of hydrogen-bond donors (Lipinski definition) is 2. The second kappa shape index (κ2) is 18.4. The zero-order valence-electron chi connectivity index (χ0n) is 39.6. The molecule has 366 valence electrons. The van der Waals surface area contributed by atoms with Gasteiger partial charge >= 0.3 is 41.8 Å². The lowest BCUT2D eigenvalue weighted by molar-refractivity contribution is -0.386. The molecule has 3 fully saturated rings. The van der Waals surface area contributed by atoms with Gasteiger partial charge in [-0.1, -0.05) is 55.4 Å². The van der Waals surface area contributed by atoms with Crippen molar-refractivity contribution >= 4 is 41.8 Å². The van der Waals surface area contributed by atoms with E-state index in [1.54, 1.807) is 6.92 Å². The first-order valence-electron chi connectivity index (χ1n) is 22.2. The smallest absolute Gasteiger partial charge is 0.340 e. The normalized spacial score (nSPS) is 34.6. The molecule has 20 heteroatoms. The molecule has 20 nitrogen and oxygen atoms in total. The summed E-state index contributed by atoms with van der Waals surface area (Å²) in [6.07, 6.45) is -9.02. The Labute approximate surface area is 386 Å². The number of aliphatic hydroxyl groups excluding tert-OH is 1. The van der Waals surface area contributed by atoms with Gasteiger partial charge in [0.1, 0.15) is 48.1 Å².